The van der Waals surface area contributed by atoms with Gasteiger partial charge >= 0.3 is 0 Å². The van der Waals surface area contributed by atoms with Gasteiger partial charge in [0.15, 0.2) is 0 Å². The lowest BCUT2D eigenvalue weighted by Crippen LogP contribution is -2.45. The van der Waals surface area contributed by atoms with E-state index in [0.717, 1.165) is 35.4 Å². The number of aromatic amines is 2. The highest BCUT2D eigenvalue weighted by atomic mass is 15.2. The van der Waals surface area contributed by atoms with Gasteiger partial charge in [0.2, 0.25) is 0 Å². The first-order valence-electron chi connectivity index (χ1n) is 11.7. The highest BCUT2D eigenvalue weighted by Crippen LogP contribution is 2.17. The van der Waals surface area contributed by atoms with Crippen molar-refractivity contribution in [3.05, 3.63) is 88.9 Å². The lowest BCUT2D eigenvalue weighted by atomic mass is 10.1. The molecule has 5 nitrogen and oxygen atoms in total. The maximum Gasteiger partial charge on any atom is 0.0854 e. The number of fused-ring (bicyclic) bond motifs is 1. The van der Waals surface area contributed by atoms with E-state index in [9.17, 15) is 0 Å². The molecule has 4 aromatic rings. The van der Waals surface area contributed by atoms with Crippen molar-refractivity contribution in [3.63, 3.8) is 0 Å². The van der Waals surface area contributed by atoms with Gasteiger partial charge in [0.1, 0.15) is 0 Å². The number of hydrogen-bond donors (Lipinski definition) is 2. The summed E-state index contributed by atoms with van der Waals surface area (Å²) in [5, 5.41) is 8.74. The second kappa shape index (κ2) is 10.0. The predicted molar refractivity (Wildman–Crippen MR) is 139 cm³/mol. The van der Waals surface area contributed by atoms with E-state index < -0.39 is 0 Å². The quantitative estimate of drug-likeness (QED) is 0.427. The van der Waals surface area contributed by atoms with Crippen LogP contribution in [-0.4, -0.2) is 64.8 Å². The molecule has 1 fully saturated rings. The minimum atomic E-state index is 0.917. The average Bonchev–Trinajstić information content (AvgIpc) is 3.51. The lowest BCUT2D eigenvalue weighted by molar-refractivity contribution is 0.155. The van der Waals surface area contributed by atoms with Crippen LogP contribution in [0.25, 0.3) is 35.2 Å². The maximum atomic E-state index is 4.40. The number of rotatable bonds is 7. The number of H-pyrrole nitrogens is 2. The molecule has 33 heavy (non-hydrogen) atoms. The molecule has 2 aromatic carbocycles. The van der Waals surface area contributed by atoms with E-state index in [2.05, 4.69) is 105 Å². The van der Waals surface area contributed by atoms with Crippen LogP contribution in [0.5, 0.6) is 0 Å². The first kappa shape index (κ1) is 21.4. The Bertz CT molecular complexity index is 1240. The fraction of sp³-hybridized carbons (Fsp3) is 0.250. The van der Waals surface area contributed by atoms with Crippen LogP contribution < -0.4 is 0 Å². The van der Waals surface area contributed by atoms with Gasteiger partial charge in [-0.1, -0.05) is 48.6 Å². The molecular weight excluding hydrogens is 406 g/mol. The highest BCUT2D eigenvalue weighted by Gasteiger charge is 2.12. The second-order valence-electron chi connectivity index (χ2n) is 8.88. The molecule has 2 aromatic heterocycles. The molecule has 1 aliphatic rings. The van der Waals surface area contributed by atoms with Crippen LogP contribution in [0.4, 0.5) is 0 Å². The molecule has 0 bridgehead atoms. The number of nitrogens with one attached hydrogen (secondary N) is 2. The van der Waals surface area contributed by atoms with E-state index in [-0.39, 0.29) is 0 Å². The largest absolute Gasteiger partial charge is 0.361 e. The SMILES string of the molecule is CN1CCN(CCc2ccc(C=Cc3cc(C=Cc4ccc5cc[nH]c5c4)n[nH]3)cc2)CC1. The molecule has 0 spiro atoms. The van der Waals surface area contributed by atoms with Crippen molar-refractivity contribution in [2.24, 2.45) is 0 Å². The van der Waals surface area contributed by atoms with Gasteiger partial charge in [-0.25, -0.2) is 0 Å². The molecule has 0 amide bonds. The van der Waals surface area contributed by atoms with Crippen LogP contribution in [0.15, 0.2) is 60.8 Å². The zero-order valence-electron chi connectivity index (χ0n) is 19.2. The Morgan fingerprint density at radius 1 is 0.848 bits per heavy atom. The Hall–Kier alpha value is -3.41. The van der Waals surface area contributed by atoms with Gasteiger partial charge in [-0.2, -0.15) is 5.10 Å². The lowest BCUT2D eigenvalue weighted by Gasteiger charge is -2.32. The van der Waals surface area contributed by atoms with Gasteiger partial charge in [-0.15, -0.1) is 0 Å². The summed E-state index contributed by atoms with van der Waals surface area (Å²) in [4.78, 5) is 8.22. The predicted octanol–water partition coefficient (Wildman–Crippen LogP) is 5.02. The standard InChI is InChI=1S/C28H31N5/c1-32-16-18-33(19-17-32)15-13-23-4-2-22(3-5-23)7-10-26-21-27(31-30-26)11-8-24-6-9-25-12-14-29-28(25)20-24/h2-12,14,20-21,29H,13,15-19H2,1H3,(H,30,31). The number of hydrogen-bond acceptors (Lipinski definition) is 3. The molecule has 0 radical (unpaired) electrons. The first-order valence-corrected chi connectivity index (χ1v) is 11.7. The molecule has 0 aliphatic carbocycles. The molecule has 168 valence electrons. The third kappa shape index (κ3) is 5.69. The van der Waals surface area contributed by atoms with Crippen LogP contribution in [0.2, 0.25) is 0 Å². The third-order valence-corrected chi connectivity index (χ3v) is 6.39. The molecule has 1 aliphatic heterocycles. The summed E-state index contributed by atoms with van der Waals surface area (Å²) in [7, 11) is 2.20. The van der Waals surface area contributed by atoms with Crippen molar-refractivity contribution in [1.29, 1.82) is 0 Å². The molecule has 0 saturated carbocycles. The van der Waals surface area contributed by atoms with Crippen molar-refractivity contribution in [2.45, 2.75) is 6.42 Å². The Morgan fingerprint density at radius 3 is 2.48 bits per heavy atom. The van der Waals surface area contributed by atoms with Crippen molar-refractivity contribution >= 4 is 35.2 Å². The van der Waals surface area contributed by atoms with E-state index >= 15 is 0 Å². The Balaban J connectivity index is 1.14. The Labute approximate surface area is 195 Å². The van der Waals surface area contributed by atoms with E-state index in [1.54, 1.807) is 0 Å². The molecule has 0 atom stereocenters. The van der Waals surface area contributed by atoms with Crippen LogP contribution in [-0.2, 0) is 6.42 Å². The van der Waals surface area contributed by atoms with E-state index in [4.69, 9.17) is 0 Å². The summed E-state index contributed by atoms with van der Waals surface area (Å²) in [6, 6.07) is 19.4. The van der Waals surface area contributed by atoms with Crippen LogP contribution >= 0.6 is 0 Å². The van der Waals surface area contributed by atoms with Crippen molar-refractivity contribution in [1.82, 2.24) is 25.0 Å². The first-order chi connectivity index (χ1) is 16.2. The fourth-order valence-electron chi connectivity index (χ4n) is 4.21. The summed E-state index contributed by atoms with van der Waals surface area (Å²) in [6.07, 6.45) is 11.4. The van der Waals surface area contributed by atoms with Crippen LogP contribution in [0.1, 0.15) is 28.1 Å². The topological polar surface area (TPSA) is 50.9 Å². The zero-order chi connectivity index (χ0) is 22.5. The number of piperazine rings is 1. The summed E-state index contributed by atoms with van der Waals surface area (Å²) >= 11 is 0. The Kier molecular flexibility index (Phi) is 6.51. The number of nitrogens with zero attached hydrogens (tertiary/aromatic N) is 3. The van der Waals surface area contributed by atoms with Crippen molar-refractivity contribution in [3.8, 4) is 0 Å². The van der Waals surface area contributed by atoms with Crippen molar-refractivity contribution in [2.75, 3.05) is 39.8 Å². The molecule has 0 unspecified atom stereocenters. The van der Waals surface area contributed by atoms with Crippen LogP contribution in [0, 0.1) is 0 Å². The summed E-state index contributed by atoms with van der Waals surface area (Å²) in [6.45, 7) is 5.86. The summed E-state index contributed by atoms with van der Waals surface area (Å²) in [5.41, 5.74) is 6.81. The minimum absolute atomic E-state index is 0.917. The Morgan fingerprint density at radius 2 is 1.64 bits per heavy atom. The van der Waals surface area contributed by atoms with Gasteiger partial charge in [0.05, 0.1) is 11.4 Å². The maximum absolute atomic E-state index is 4.40. The highest BCUT2D eigenvalue weighted by molar-refractivity contribution is 5.83. The van der Waals surface area contributed by atoms with E-state index in [1.165, 1.54) is 42.7 Å². The second-order valence-corrected chi connectivity index (χ2v) is 8.88. The zero-order valence-corrected chi connectivity index (χ0v) is 19.2. The van der Waals surface area contributed by atoms with Gasteiger partial charge in [-0.05, 0) is 65.9 Å². The van der Waals surface area contributed by atoms with Gasteiger partial charge < -0.3 is 14.8 Å². The smallest absolute Gasteiger partial charge is 0.0854 e. The van der Waals surface area contributed by atoms with E-state index in [1.807, 2.05) is 12.3 Å². The monoisotopic (exact) mass is 437 g/mol. The summed E-state index contributed by atoms with van der Waals surface area (Å²) < 4.78 is 0. The summed E-state index contributed by atoms with van der Waals surface area (Å²) in [5.74, 6) is 0. The van der Waals surface area contributed by atoms with Gasteiger partial charge in [0.25, 0.3) is 0 Å². The normalized spacial score (nSPS) is 15.9. The molecule has 3 heterocycles. The van der Waals surface area contributed by atoms with Crippen molar-refractivity contribution < 1.29 is 0 Å². The number of aromatic nitrogens is 3. The molecule has 1 saturated heterocycles. The third-order valence-electron chi connectivity index (χ3n) is 6.39. The van der Waals surface area contributed by atoms with Crippen LogP contribution in [0.3, 0.4) is 0 Å². The fourth-order valence-corrected chi connectivity index (χ4v) is 4.21. The minimum Gasteiger partial charge on any atom is -0.361 e. The molecule has 5 heteroatoms. The van der Waals surface area contributed by atoms with Gasteiger partial charge in [0, 0.05) is 44.4 Å². The molecular formula is C28H31N5. The molecule has 2 N–H and O–H groups in total. The molecule has 5 rings (SSSR count). The van der Waals surface area contributed by atoms with E-state index in [0.29, 0.717) is 0 Å². The average molecular weight is 438 g/mol. The number of benzene rings is 2. The van der Waals surface area contributed by atoms with Gasteiger partial charge in [-0.3, -0.25) is 5.10 Å². The number of likely N-dealkylation sites (N-methyl/N-ethyl adjacent to an activating group) is 1.